The highest BCUT2D eigenvalue weighted by Crippen LogP contribution is 2.41. The van der Waals surface area contributed by atoms with Gasteiger partial charge in [0.15, 0.2) is 0 Å². The van der Waals surface area contributed by atoms with Crippen molar-refractivity contribution in [2.45, 2.75) is 45.1 Å². The molecule has 2 atom stereocenters. The van der Waals surface area contributed by atoms with Crippen LogP contribution in [-0.4, -0.2) is 33.8 Å². The molecule has 2 aliphatic rings. The predicted molar refractivity (Wildman–Crippen MR) is 94.6 cm³/mol. The van der Waals surface area contributed by atoms with E-state index < -0.39 is 0 Å². The zero-order valence-electron chi connectivity index (χ0n) is 15.1. The third-order valence-electron chi connectivity index (χ3n) is 5.60. The number of hydrogen-bond donors (Lipinski definition) is 2. The normalized spacial score (nSPS) is 23.2. The maximum absolute atomic E-state index is 12.6. The number of hydrogen-bond acceptors (Lipinski definition) is 3. The van der Waals surface area contributed by atoms with Gasteiger partial charge in [0, 0.05) is 49.3 Å². The van der Waals surface area contributed by atoms with Gasteiger partial charge in [0.1, 0.15) is 0 Å². The number of rotatable bonds is 5. The van der Waals surface area contributed by atoms with E-state index >= 15 is 0 Å². The minimum atomic E-state index is 0.0168. The third-order valence-corrected chi connectivity index (χ3v) is 5.60. The van der Waals surface area contributed by atoms with Crippen LogP contribution in [-0.2, 0) is 11.8 Å². The Hall–Kier alpha value is -2.08. The van der Waals surface area contributed by atoms with E-state index in [1.165, 1.54) is 18.4 Å². The lowest BCUT2D eigenvalue weighted by atomic mass is 9.94. The highest BCUT2D eigenvalue weighted by atomic mass is 16.5. The molecule has 2 N–H and O–H groups in total. The molecular formula is C19H26N4O2. The first-order valence-corrected chi connectivity index (χ1v) is 9.13. The molecule has 2 aromatic heterocycles. The summed E-state index contributed by atoms with van der Waals surface area (Å²) in [4.78, 5) is 15.8. The fourth-order valence-electron chi connectivity index (χ4n) is 3.97. The van der Waals surface area contributed by atoms with Crippen LogP contribution in [0.2, 0.25) is 0 Å². The van der Waals surface area contributed by atoms with Crippen molar-refractivity contribution in [3.8, 4) is 0 Å². The van der Waals surface area contributed by atoms with Gasteiger partial charge in [-0.3, -0.25) is 9.48 Å². The third kappa shape index (κ3) is 2.99. The smallest absolute Gasteiger partial charge is 0.253 e. The molecule has 4 rings (SSSR count). The molecule has 3 heterocycles. The molecule has 1 saturated heterocycles. The Kier molecular flexibility index (Phi) is 4.15. The number of carbonyl (C=O) groups is 1. The summed E-state index contributed by atoms with van der Waals surface area (Å²) in [7, 11) is 1.96. The highest BCUT2D eigenvalue weighted by molar-refractivity contribution is 5.95. The van der Waals surface area contributed by atoms with Gasteiger partial charge in [-0.15, -0.1) is 0 Å². The number of carbonyl (C=O) groups excluding carboxylic acids is 1. The summed E-state index contributed by atoms with van der Waals surface area (Å²) in [6, 6.07) is 1.89. The number of amides is 1. The van der Waals surface area contributed by atoms with Gasteiger partial charge in [0.25, 0.3) is 5.91 Å². The second kappa shape index (κ2) is 6.33. The van der Waals surface area contributed by atoms with Crippen molar-refractivity contribution in [2.75, 3.05) is 13.2 Å². The maximum atomic E-state index is 12.6. The van der Waals surface area contributed by atoms with Crippen molar-refractivity contribution in [3.63, 3.8) is 0 Å². The van der Waals surface area contributed by atoms with Crippen LogP contribution in [0.5, 0.6) is 0 Å². The molecule has 1 amide bonds. The van der Waals surface area contributed by atoms with Gasteiger partial charge in [-0.05, 0) is 45.1 Å². The quantitative estimate of drug-likeness (QED) is 0.877. The van der Waals surface area contributed by atoms with E-state index in [0.717, 1.165) is 35.7 Å². The zero-order chi connectivity index (χ0) is 17.6. The fraction of sp³-hybridized carbons (Fsp3) is 0.579. The van der Waals surface area contributed by atoms with E-state index in [0.29, 0.717) is 12.5 Å². The van der Waals surface area contributed by atoms with Crippen molar-refractivity contribution in [3.05, 3.63) is 40.5 Å². The van der Waals surface area contributed by atoms with E-state index in [-0.39, 0.29) is 17.9 Å². The summed E-state index contributed by atoms with van der Waals surface area (Å²) in [6.45, 7) is 5.47. The molecule has 25 heavy (non-hydrogen) atoms. The van der Waals surface area contributed by atoms with Crippen molar-refractivity contribution >= 4 is 5.91 Å². The number of ether oxygens (including phenoxy) is 1. The van der Waals surface area contributed by atoms with Crippen LogP contribution in [0, 0.1) is 19.8 Å². The second-order valence-corrected chi connectivity index (χ2v) is 7.34. The van der Waals surface area contributed by atoms with Gasteiger partial charge in [-0.1, -0.05) is 0 Å². The number of H-pyrrole nitrogens is 1. The van der Waals surface area contributed by atoms with E-state index in [4.69, 9.17) is 4.74 Å². The van der Waals surface area contributed by atoms with Crippen molar-refractivity contribution < 1.29 is 9.53 Å². The van der Waals surface area contributed by atoms with Crippen LogP contribution in [0.15, 0.2) is 12.3 Å². The molecule has 6 nitrogen and oxygen atoms in total. The first-order valence-electron chi connectivity index (χ1n) is 9.13. The summed E-state index contributed by atoms with van der Waals surface area (Å²) >= 11 is 0. The standard InChI is InChI=1S/C19H26N4O2/c1-11-16(12(2)23(3)22-11)18-14(7-9-25-18)10-21-19(24)15-6-8-20-17(15)13-4-5-13/h6,8,13-14,18,20H,4-5,7,9-10H2,1-3H3,(H,21,24)/t14-,18+/m1/s1. The predicted octanol–water partition coefficient (Wildman–Crippen LogP) is 2.75. The Labute approximate surface area is 147 Å². The van der Waals surface area contributed by atoms with E-state index in [1.54, 1.807) is 0 Å². The lowest BCUT2D eigenvalue weighted by Gasteiger charge is -2.20. The number of aryl methyl sites for hydroxylation is 2. The Balaban J connectivity index is 1.45. The Morgan fingerprint density at radius 1 is 1.40 bits per heavy atom. The van der Waals surface area contributed by atoms with Gasteiger partial charge in [0.05, 0.1) is 17.4 Å². The Morgan fingerprint density at radius 2 is 2.20 bits per heavy atom. The van der Waals surface area contributed by atoms with Crippen LogP contribution in [0.4, 0.5) is 0 Å². The molecule has 0 radical (unpaired) electrons. The minimum Gasteiger partial charge on any atom is -0.373 e. The summed E-state index contributed by atoms with van der Waals surface area (Å²) in [5.74, 6) is 0.848. The number of nitrogens with zero attached hydrogens (tertiary/aromatic N) is 2. The summed E-state index contributed by atoms with van der Waals surface area (Å²) in [6.07, 6.45) is 5.20. The molecule has 1 aliphatic heterocycles. The fourth-order valence-corrected chi connectivity index (χ4v) is 3.97. The molecule has 1 saturated carbocycles. The molecule has 2 fully saturated rings. The van der Waals surface area contributed by atoms with Crippen LogP contribution in [0.1, 0.15) is 64.3 Å². The average molecular weight is 342 g/mol. The number of aromatic amines is 1. The lowest BCUT2D eigenvalue weighted by molar-refractivity contribution is 0.0839. The largest absolute Gasteiger partial charge is 0.373 e. The Bertz CT molecular complexity index is 787. The Morgan fingerprint density at radius 3 is 2.88 bits per heavy atom. The maximum Gasteiger partial charge on any atom is 0.253 e. The van der Waals surface area contributed by atoms with Gasteiger partial charge in [-0.2, -0.15) is 5.10 Å². The first kappa shape index (κ1) is 16.4. The molecule has 1 aliphatic carbocycles. The van der Waals surface area contributed by atoms with E-state index in [1.807, 2.05) is 30.9 Å². The first-order chi connectivity index (χ1) is 12.1. The SMILES string of the molecule is Cc1nn(C)c(C)c1[C@H]1OCC[C@@H]1CNC(=O)c1cc[nH]c1C1CC1. The number of nitrogens with one attached hydrogen (secondary N) is 2. The van der Waals surface area contributed by atoms with E-state index in [9.17, 15) is 4.79 Å². The number of aromatic nitrogens is 3. The van der Waals surface area contributed by atoms with Crippen LogP contribution >= 0.6 is 0 Å². The molecule has 0 spiro atoms. The molecule has 0 bridgehead atoms. The van der Waals surface area contributed by atoms with Crippen LogP contribution in [0.25, 0.3) is 0 Å². The van der Waals surface area contributed by atoms with Gasteiger partial charge in [-0.25, -0.2) is 0 Å². The van der Waals surface area contributed by atoms with Crippen molar-refractivity contribution in [1.29, 1.82) is 0 Å². The summed E-state index contributed by atoms with van der Waals surface area (Å²) < 4.78 is 7.92. The highest BCUT2D eigenvalue weighted by Gasteiger charge is 2.34. The van der Waals surface area contributed by atoms with Gasteiger partial charge >= 0.3 is 0 Å². The minimum absolute atomic E-state index is 0.0168. The lowest BCUT2D eigenvalue weighted by Crippen LogP contribution is -2.31. The molecule has 134 valence electrons. The van der Waals surface area contributed by atoms with E-state index in [2.05, 4.69) is 22.3 Å². The molecule has 2 aromatic rings. The molecule has 6 heteroatoms. The van der Waals surface area contributed by atoms with Gasteiger partial charge < -0.3 is 15.0 Å². The van der Waals surface area contributed by atoms with Crippen LogP contribution in [0.3, 0.4) is 0 Å². The van der Waals surface area contributed by atoms with Gasteiger partial charge in [0.2, 0.25) is 0 Å². The van der Waals surface area contributed by atoms with Crippen molar-refractivity contribution in [2.24, 2.45) is 13.0 Å². The topological polar surface area (TPSA) is 71.9 Å². The summed E-state index contributed by atoms with van der Waals surface area (Å²) in [5, 5.41) is 7.64. The zero-order valence-corrected chi connectivity index (χ0v) is 15.1. The molecule has 0 aromatic carbocycles. The second-order valence-electron chi connectivity index (χ2n) is 7.34. The average Bonchev–Trinajstić information content (AvgIpc) is 3.03. The summed E-state index contributed by atoms with van der Waals surface area (Å²) in [5.41, 5.74) is 5.23. The van der Waals surface area contributed by atoms with Crippen molar-refractivity contribution in [1.82, 2.24) is 20.1 Å². The monoisotopic (exact) mass is 342 g/mol. The molecular weight excluding hydrogens is 316 g/mol. The van der Waals surface area contributed by atoms with Crippen LogP contribution < -0.4 is 5.32 Å². The molecule has 0 unspecified atom stereocenters.